The zero-order valence-electron chi connectivity index (χ0n) is 12.1. The molecule has 0 spiro atoms. The number of halogens is 2. The van der Waals surface area contributed by atoms with Gasteiger partial charge < -0.3 is 4.52 Å². The lowest BCUT2D eigenvalue weighted by atomic mass is 10.1. The lowest BCUT2D eigenvalue weighted by molar-refractivity contribution is 0.382. The van der Waals surface area contributed by atoms with E-state index in [-0.39, 0.29) is 28.6 Å². The van der Waals surface area contributed by atoms with Crippen LogP contribution in [0.1, 0.15) is 11.5 Å². The first kappa shape index (κ1) is 16.2. The normalized spacial score (nSPS) is 11.6. The van der Waals surface area contributed by atoms with Gasteiger partial charge in [-0.05, 0) is 36.4 Å². The summed E-state index contributed by atoms with van der Waals surface area (Å²) in [5, 5.41) is 8.74. The van der Waals surface area contributed by atoms with Crippen LogP contribution in [0.4, 0.5) is 8.78 Å². The minimum atomic E-state index is -3.79. The van der Waals surface area contributed by atoms with Crippen molar-refractivity contribution in [3.05, 3.63) is 65.6 Å². The van der Waals surface area contributed by atoms with Crippen molar-refractivity contribution in [2.75, 3.05) is 0 Å². The summed E-state index contributed by atoms with van der Waals surface area (Å²) in [5.41, 5.74) is 0.309. The Morgan fingerprint density at radius 1 is 1.04 bits per heavy atom. The Hall–Kier alpha value is -2.65. The molecule has 24 heavy (non-hydrogen) atoms. The van der Waals surface area contributed by atoms with E-state index in [1.807, 2.05) is 0 Å². The SMILES string of the molecule is NS(=O)(=O)c1ccc(-c2noc(Cc3c(F)cccc3F)n2)cc1. The molecule has 124 valence electrons. The summed E-state index contributed by atoms with van der Waals surface area (Å²) < 4.78 is 54.7. The molecule has 0 fully saturated rings. The maximum Gasteiger partial charge on any atom is 0.238 e. The highest BCUT2D eigenvalue weighted by molar-refractivity contribution is 7.89. The van der Waals surface area contributed by atoms with Crippen molar-refractivity contribution < 1.29 is 21.7 Å². The molecule has 3 aromatic rings. The van der Waals surface area contributed by atoms with Gasteiger partial charge in [-0.1, -0.05) is 11.2 Å². The maximum atomic E-state index is 13.6. The van der Waals surface area contributed by atoms with Gasteiger partial charge in [0.1, 0.15) is 11.6 Å². The molecule has 2 aromatic carbocycles. The van der Waals surface area contributed by atoms with E-state index in [4.69, 9.17) is 9.66 Å². The van der Waals surface area contributed by atoms with Crippen LogP contribution in [0.5, 0.6) is 0 Å². The number of benzene rings is 2. The summed E-state index contributed by atoms with van der Waals surface area (Å²) in [5.74, 6) is -1.20. The van der Waals surface area contributed by atoms with Gasteiger partial charge in [-0.2, -0.15) is 4.98 Å². The van der Waals surface area contributed by atoms with Gasteiger partial charge in [0, 0.05) is 11.1 Å². The molecule has 1 heterocycles. The highest BCUT2D eigenvalue weighted by atomic mass is 32.2. The van der Waals surface area contributed by atoms with Crippen molar-refractivity contribution in [1.82, 2.24) is 10.1 Å². The monoisotopic (exact) mass is 351 g/mol. The molecule has 0 saturated carbocycles. The molecular weight excluding hydrogens is 340 g/mol. The van der Waals surface area contributed by atoms with Crippen LogP contribution in [-0.2, 0) is 16.4 Å². The second kappa shape index (κ2) is 6.10. The molecule has 1 aromatic heterocycles. The molecule has 0 saturated heterocycles. The number of hydrogen-bond acceptors (Lipinski definition) is 5. The molecule has 9 heteroatoms. The van der Waals surface area contributed by atoms with Gasteiger partial charge in [-0.25, -0.2) is 22.3 Å². The van der Waals surface area contributed by atoms with Gasteiger partial charge in [-0.3, -0.25) is 0 Å². The largest absolute Gasteiger partial charge is 0.339 e. The van der Waals surface area contributed by atoms with Crippen LogP contribution in [0.2, 0.25) is 0 Å². The predicted octanol–water partition coefficient (Wildman–Crippen LogP) is 2.25. The van der Waals surface area contributed by atoms with E-state index in [2.05, 4.69) is 10.1 Å². The molecule has 0 unspecified atom stereocenters. The zero-order valence-corrected chi connectivity index (χ0v) is 12.9. The van der Waals surface area contributed by atoms with Crippen molar-refractivity contribution >= 4 is 10.0 Å². The third kappa shape index (κ3) is 3.31. The summed E-state index contributed by atoms with van der Waals surface area (Å²) in [6, 6.07) is 9.06. The number of nitrogens with two attached hydrogens (primary N) is 1. The van der Waals surface area contributed by atoms with E-state index in [0.717, 1.165) is 12.1 Å². The molecule has 0 bridgehead atoms. The second-order valence-corrected chi connectivity index (χ2v) is 6.52. The quantitative estimate of drug-likeness (QED) is 0.777. The van der Waals surface area contributed by atoms with Crippen LogP contribution in [0.25, 0.3) is 11.4 Å². The van der Waals surface area contributed by atoms with E-state index in [9.17, 15) is 17.2 Å². The van der Waals surface area contributed by atoms with Gasteiger partial charge >= 0.3 is 0 Å². The Morgan fingerprint density at radius 2 is 1.67 bits per heavy atom. The average Bonchev–Trinajstić information content (AvgIpc) is 2.99. The van der Waals surface area contributed by atoms with E-state index in [1.165, 1.54) is 30.3 Å². The van der Waals surface area contributed by atoms with Gasteiger partial charge in [-0.15, -0.1) is 0 Å². The molecule has 2 N–H and O–H groups in total. The Morgan fingerprint density at radius 3 is 2.25 bits per heavy atom. The van der Waals surface area contributed by atoms with Gasteiger partial charge in [0.05, 0.1) is 11.3 Å². The number of hydrogen-bond donors (Lipinski definition) is 1. The summed E-state index contributed by atoms with van der Waals surface area (Å²) in [6.45, 7) is 0. The molecule has 6 nitrogen and oxygen atoms in total. The van der Waals surface area contributed by atoms with E-state index in [1.54, 1.807) is 0 Å². The first-order chi connectivity index (χ1) is 11.3. The molecule has 3 rings (SSSR count). The van der Waals surface area contributed by atoms with Crippen LogP contribution in [-0.4, -0.2) is 18.6 Å². The topological polar surface area (TPSA) is 99.1 Å². The zero-order chi connectivity index (χ0) is 17.3. The van der Waals surface area contributed by atoms with Crippen molar-refractivity contribution in [1.29, 1.82) is 0 Å². The fourth-order valence-electron chi connectivity index (χ4n) is 2.09. The highest BCUT2D eigenvalue weighted by Gasteiger charge is 2.15. The van der Waals surface area contributed by atoms with Gasteiger partial charge in [0.15, 0.2) is 0 Å². The van der Waals surface area contributed by atoms with E-state index >= 15 is 0 Å². The second-order valence-electron chi connectivity index (χ2n) is 4.96. The van der Waals surface area contributed by atoms with Crippen LogP contribution < -0.4 is 5.14 Å². The average molecular weight is 351 g/mol. The number of sulfonamides is 1. The number of rotatable bonds is 4. The molecule has 0 amide bonds. The predicted molar refractivity (Wildman–Crippen MR) is 80.3 cm³/mol. The number of nitrogens with zero attached hydrogens (tertiary/aromatic N) is 2. The van der Waals surface area contributed by atoms with Crippen LogP contribution in [0, 0.1) is 11.6 Å². The summed E-state index contributed by atoms with van der Waals surface area (Å²) >= 11 is 0. The highest BCUT2D eigenvalue weighted by Crippen LogP contribution is 2.21. The van der Waals surface area contributed by atoms with E-state index in [0.29, 0.717) is 5.56 Å². The third-order valence-electron chi connectivity index (χ3n) is 3.30. The Bertz CT molecular complexity index is 965. The minimum Gasteiger partial charge on any atom is -0.339 e. The van der Waals surface area contributed by atoms with Crippen molar-refractivity contribution in [3.8, 4) is 11.4 Å². The van der Waals surface area contributed by atoms with Crippen LogP contribution >= 0.6 is 0 Å². The summed E-state index contributed by atoms with van der Waals surface area (Å²) in [7, 11) is -3.79. The molecule has 0 atom stereocenters. The fourth-order valence-corrected chi connectivity index (χ4v) is 2.61. The van der Waals surface area contributed by atoms with Gasteiger partial charge in [0.2, 0.25) is 21.7 Å². The maximum absolute atomic E-state index is 13.6. The molecular formula is C15H11F2N3O3S. The van der Waals surface area contributed by atoms with E-state index < -0.39 is 21.7 Å². The Kier molecular flexibility index (Phi) is 4.12. The smallest absolute Gasteiger partial charge is 0.238 e. The van der Waals surface area contributed by atoms with Crippen LogP contribution in [0.15, 0.2) is 51.9 Å². The summed E-state index contributed by atoms with van der Waals surface area (Å²) in [4.78, 5) is 4.01. The molecule has 0 aliphatic heterocycles. The van der Waals surface area contributed by atoms with Crippen molar-refractivity contribution in [3.63, 3.8) is 0 Å². The fraction of sp³-hybridized carbons (Fsp3) is 0.0667. The van der Waals surface area contributed by atoms with Gasteiger partial charge in [0.25, 0.3) is 0 Å². The van der Waals surface area contributed by atoms with Crippen LogP contribution in [0.3, 0.4) is 0 Å². The lowest BCUT2D eigenvalue weighted by Gasteiger charge is -2.00. The first-order valence-electron chi connectivity index (χ1n) is 6.73. The first-order valence-corrected chi connectivity index (χ1v) is 8.28. The number of aromatic nitrogens is 2. The Labute approximate surface area is 136 Å². The van der Waals surface area contributed by atoms with Crippen molar-refractivity contribution in [2.24, 2.45) is 5.14 Å². The molecule has 0 radical (unpaired) electrons. The standard InChI is InChI=1S/C15H11F2N3O3S/c16-12-2-1-3-13(17)11(12)8-14-19-15(20-23-14)9-4-6-10(7-5-9)24(18,21)22/h1-7H,8H2,(H2,18,21,22). The molecule has 0 aliphatic carbocycles. The minimum absolute atomic E-state index is 0.0320. The summed E-state index contributed by atoms with van der Waals surface area (Å²) in [6.07, 6.45) is -0.194. The number of primary sulfonamides is 1. The third-order valence-corrected chi connectivity index (χ3v) is 4.23. The lowest BCUT2D eigenvalue weighted by Crippen LogP contribution is -2.11. The Balaban J connectivity index is 1.86. The molecule has 0 aliphatic rings. The van der Waals surface area contributed by atoms with Crippen molar-refractivity contribution in [2.45, 2.75) is 11.3 Å².